The summed E-state index contributed by atoms with van der Waals surface area (Å²) in [7, 11) is -3.65. The molecule has 1 saturated heterocycles. The van der Waals surface area contributed by atoms with E-state index >= 15 is 0 Å². The average Bonchev–Trinajstić information content (AvgIpc) is 2.91. The highest BCUT2D eigenvalue weighted by atomic mass is 32.2. The zero-order chi connectivity index (χ0) is 18.4. The molecule has 1 fully saturated rings. The van der Waals surface area contributed by atoms with Crippen molar-refractivity contribution in [1.29, 1.82) is 0 Å². The van der Waals surface area contributed by atoms with Gasteiger partial charge >= 0.3 is 0 Å². The third-order valence-corrected chi connectivity index (χ3v) is 5.35. The second kappa shape index (κ2) is 8.41. The Kier molecular flexibility index (Phi) is 6.00. The first-order chi connectivity index (χ1) is 12.5. The summed E-state index contributed by atoms with van der Waals surface area (Å²) in [6.45, 7) is 2.64. The largest absolute Gasteiger partial charge is 0.355 e. The van der Waals surface area contributed by atoms with E-state index in [4.69, 9.17) is 5.14 Å². The number of aromatic nitrogens is 3. The molecule has 0 radical (unpaired) electrons. The normalized spacial score (nSPS) is 15.5. The van der Waals surface area contributed by atoms with Gasteiger partial charge in [-0.2, -0.15) is 10.1 Å². The maximum absolute atomic E-state index is 11.3. The van der Waals surface area contributed by atoms with Crippen molar-refractivity contribution in [1.82, 2.24) is 15.2 Å². The minimum absolute atomic E-state index is 0.117. The topological polar surface area (TPSA) is 114 Å². The number of anilines is 2. The van der Waals surface area contributed by atoms with Gasteiger partial charge in [-0.15, -0.1) is 5.10 Å². The van der Waals surface area contributed by atoms with Crippen LogP contribution in [0.1, 0.15) is 31.2 Å². The number of nitrogens with one attached hydrogen (secondary N) is 1. The van der Waals surface area contributed by atoms with E-state index in [2.05, 4.69) is 25.4 Å². The van der Waals surface area contributed by atoms with Crippen LogP contribution >= 0.6 is 0 Å². The van der Waals surface area contributed by atoms with Gasteiger partial charge in [-0.25, -0.2) is 13.6 Å². The first-order valence-corrected chi connectivity index (χ1v) is 10.4. The zero-order valence-electron chi connectivity index (χ0n) is 14.6. The van der Waals surface area contributed by atoms with Gasteiger partial charge in [-0.3, -0.25) is 0 Å². The van der Waals surface area contributed by atoms with E-state index in [1.54, 1.807) is 18.3 Å². The highest BCUT2D eigenvalue weighted by Crippen LogP contribution is 2.17. The number of sulfonamides is 1. The minimum atomic E-state index is -3.65. The lowest BCUT2D eigenvalue weighted by molar-refractivity contribution is 0.598. The van der Waals surface area contributed by atoms with Gasteiger partial charge in [0.25, 0.3) is 0 Å². The van der Waals surface area contributed by atoms with Crippen LogP contribution in [0, 0.1) is 0 Å². The number of hydrogen-bond acceptors (Lipinski definition) is 7. The van der Waals surface area contributed by atoms with Crippen LogP contribution in [0.4, 0.5) is 11.8 Å². The fraction of sp³-hybridized carbons (Fsp3) is 0.471. The monoisotopic (exact) mass is 376 g/mol. The quantitative estimate of drug-likeness (QED) is 0.786. The van der Waals surface area contributed by atoms with E-state index in [9.17, 15) is 8.42 Å². The van der Waals surface area contributed by atoms with E-state index in [1.807, 2.05) is 0 Å². The van der Waals surface area contributed by atoms with Crippen LogP contribution < -0.4 is 15.4 Å². The number of rotatable bonds is 6. The molecule has 0 bridgehead atoms. The maximum atomic E-state index is 11.3. The van der Waals surface area contributed by atoms with Crippen LogP contribution in [0.5, 0.6) is 0 Å². The smallest absolute Gasteiger partial charge is 0.244 e. The lowest BCUT2D eigenvalue weighted by Crippen LogP contribution is -2.25. The van der Waals surface area contributed by atoms with E-state index in [0.29, 0.717) is 18.9 Å². The predicted octanol–water partition coefficient (Wildman–Crippen LogP) is 1.55. The summed E-state index contributed by atoms with van der Waals surface area (Å²) in [4.78, 5) is 6.94. The lowest BCUT2D eigenvalue weighted by Gasteiger charge is -2.20. The second-order valence-corrected chi connectivity index (χ2v) is 7.97. The Labute approximate surface area is 153 Å². The molecule has 8 nitrogen and oxygen atoms in total. The molecule has 1 aliphatic heterocycles. The molecule has 1 aromatic carbocycles. The molecule has 2 heterocycles. The van der Waals surface area contributed by atoms with Crippen molar-refractivity contribution in [3.8, 4) is 0 Å². The first-order valence-electron chi connectivity index (χ1n) is 8.83. The van der Waals surface area contributed by atoms with Gasteiger partial charge < -0.3 is 10.2 Å². The molecule has 9 heteroatoms. The Bertz CT molecular complexity index is 817. The van der Waals surface area contributed by atoms with Crippen LogP contribution in [0.25, 0.3) is 0 Å². The van der Waals surface area contributed by atoms with Crippen LogP contribution in [-0.2, 0) is 16.4 Å². The van der Waals surface area contributed by atoms with E-state index in [-0.39, 0.29) is 4.90 Å². The molecule has 0 aliphatic carbocycles. The highest BCUT2D eigenvalue weighted by molar-refractivity contribution is 7.89. The number of nitrogens with zero attached hydrogens (tertiary/aromatic N) is 4. The molecule has 3 rings (SSSR count). The third kappa shape index (κ3) is 5.12. The van der Waals surface area contributed by atoms with Crippen LogP contribution in [0.3, 0.4) is 0 Å². The summed E-state index contributed by atoms with van der Waals surface area (Å²) in [6, 6.07) is 6.55. The van der Waals surface area contributed by atoms with Gasteiger partial charge in [0, 0.05) is 19.6 Å². The van der Waals surface area contributed by atoms with Crippen molar-refractivity contribution in [2.24, 2.45) is 5.14 Å². The predicted molar refractivity (Wildman–Crippen MR) is 101 cm³/mol. The Hall–Kier alpha value is -2.26. The van der Waals surface area contributed by atoms with Gasteiger partial charge in [0.1, 0.15) is 0 Å². The molecular weight excluding hydrogens is 352 g/mol. The molecule has 26 heavy (non-hydrogen) atoms. The Morgan fingerprint density at radius 2 is 1.77 bits per heavy atom. The van der Waals surface area contributed by atoms with Crippen LogP contribution in [0.2, 0.25) is 0 Å². The van der Waals surface area contributed by atoms with Gasteiger partial charge in [0.15, 0.2) is 5.82 Å². The van der Waals surface area contributed by atoms with Crippen LogP contribution in [-0.4, -0.2) is 43.2 Å². The van der Waals surface area contributed by atoms with Crippen molar-refractivity contribution in [2.45, 2.75) is 37.0 Å². The van der Waals surface area contributed by atoms with Crippen molar-refractivity contribution >= 4 is 21.8 Å². The van der Waals surface area contributed by atoms with E-state index in [0.717, 1.165) is 24.5 Å². The summed E-state index contributed by atoms with van der Waals surface area (Å²) >= 11 is 0. The SMILES string of the molecule is NS(=O)(=O)c1ccc(CCNc2nncc(N3CCCCCC3)n2)cc1. The van der Waals surface area contributed by atoms with Gasteiger partial charge in [-0.05, 0) is 37.0 Å². The molecule has 140 valence electrons. The van der Waals surface area contributed by atoms with Gasteiger partial charge in [0.2, 0.25) is 16.0 Å². The van der Waals surface area contributed by atoms with E-state index < -0.39 is 10.0 Å². The number of benzene rings is 1. The fourth-order valence-electron chi connectivity index (χ4n) is 2.99. The van der Waals surface area contributed by atoms with Crippen molar-refractivity contribution < 1.29 is 8.42 Å². The lowest BCUT2D eigenvalue weighted by atomic mass is 10.1. The molecule has 0 saturated carbocycles. The third-order valence-electron chi connectivity index (χ3n) is 4.42. The summed E-state index contributed by atoms with van der Waals surface area (Å²) in [6.07, 6.45) is 7.32. The van der Waals surface area contributed by atoms with Gasteiger partial charge in [-0.1, -0.05) is 25.0 Å². The van der Waals surface area contributed by atoms with E-state index in [1.165, 1.54) is 37.8 Å². The fourth-order valence-corrected chi connectivity index (χ4v) is 3.50. The maximum Gasteiger partial charge on any atom is 0.244 e. The molecule has 3 N–H and O–H groups in total. The zero-order valence-corrected chi connectivity index (χ0v) is 15.5. The molecule has 0 atom stereocenters. The molecule has 0 spiro atoms. The summed E-state index contributed by atoms with van der Waals surface area (Å²) < 4.78 is 22.5. The number of hydrogen-bond donors (Lipinski definition) is 2. The molecular formula is C17H24N6O2S. The summed E-state index contributed by atoms with van der Waals surface area (Å²) in [5.41, 5.74) is 1.00. The molecule has 2 aromatic rings. The highest BCUT2D eigenvalue weighted by Gasteiger charge is 2.12. The average molecular weight is 376 g/mol. The number of primary sulfonamides is 1. The van der Waals surface area contributed by atoms with Crippen LogP contribution in [0.15, 0.2) is 35.4 Å². The molecule has 1 aromatic heterocycles. The number of nitrogens with two attached hydrogens (primary N) is 1. The minimum Gasteiger partial charge on any atom is -0.355 e. The Morgan fingerprint density at radius 1 is 1.08 bits per heavy atom. The second-order valence-electron chi connectivity index (χ2n) is 6.41. The Balaban J connectivity index is 1.55. The summed E-state index contributed by atoms with van der Waals surface area (Å²) in [5.74, 6) is 1.37. The van der Waals surface area contributed by atoms with Crippen molar-refractivity contribution in [3.05, 3.63) is 36.0 Å². The van der Waals surface area contributed by atoms with Crippen molar-refractivity contribution in [2.75, 3.05) is 29.9 Å². The summed E-state index contributed by atoms with van der Waals surface area (Å²) in [5, 5.41) is 16.4. The molecule has 1 aliphatic rings. The Morgan fingerprint density at radius 3 is 2.42 bits per heavy atom. The standard InChI is InChI=1S/C17H24N6O2S/c18-26(24,25)15-7-5-14(6-8-15)9-10-19-17-21-16(13-20-22-17)23-11-3-1-2-4-12-23/h5-8,13H,1-4,9-12H2,(H2,18,24,25)(H,19,21,22). The van der Waals surface area contributed by atoms with Gasteiger partial charge in [0.05, 0.1) is 11.1 Å². The molecule has 0 amide bonds. The molecule has 0 unspecified atom stereocenters. The first kappa shape index (κ1) is 18.5. The van der Waals surface area contributed by atoms with Crippen molar-refractivity contribution in [3.63, 3.8) is 0 Å².